The van der Waals surface area contributed by atoms with Gasteiger partial charge in [0.25, 0.3) is 0 Å². The van der Waals surface area contributed by atoms with Crippen molar-refractivity contribution in [2.45, 2.75) is 12.8 Å². The standard InChI is InChI=1S/C15H22N4/c16-13-14-4-3-5-15(12-14)18-6-1-2-9-19-10-7-17-8-11-19/h3-5,12,17-18H,1-2,6-11H2. The Morgan fingerprint density at radius 3 is 2.89 bits per heavy atom. The minimum Gasteiger partial charge on any atom is -0.385 e. The van der Waals surface area contributed by atoms with Crippen LogP contribution in [0.25, 0.3) is 0 Å². The van der Waals surface area contributed by atoms with E-state index in [1.54, 1.807) is 0 Å². The molecule has 1 aromatic rings. The highest BCUT2D eigenvalue weighted by Crippen LogP contribution is 2.09. The lowest BCUT2D eigenvalue weighted by molar-refractivity contribution is 0.237. The Balaban J connectivity index is 1.59. The minimum atomic E-state index is 0.714. The molecule has 4 heteroatoms. The number of hydrogen-bond acceptors (Lipinski definition) is 4. The van der Waals surface area contributed by atoms with Crippen LogP contribution in [0.2, 0.25) is 0 Å². The number of unbranched alkanes of at least 4 members (excludes halogenated alkanes) is 1. The summed E-state index contributed by atoms with van der Waals surface area (Å²) in [6.45, 7) is 6.77. The molecule has 1 fully saturated rings. The highest BCUT2D eigenvalue weighted by Gasteiger charge is 2.07. The third-order valence-corrected chi connectivity index (χ3v) is 3.43. The van der Waals surface area contributed by atoms with Crippen LogP contribution in [0.4, 0.5) is 5.69 Å². The zero-order chi connectivity index (χ0) is 13.3. The predicted octanol–water partition coefficient (Wildman–Crippen LogP) is 1.66. The van der Waals surface area contributed by atoms with Crippen molar-refractivity contribution >= 4 is 5.69 Å². The molecule has 1 aliphatic rings. The molecule has 0 unspecified atom stereocenters. The molecule has 2 rings (SSSR count). The molecule has 0 radical (unpaired) electrons. The fraction of sp³-hybridized carbons (Fsp3) is 0.533. The summed E-state index contributed by atoms with van der Waals surface area (Å²) >= 11 is 0. The number of piperazine rings is 1. The summed E-state index contributed by atoms with van der Waals surface area (Å²) < 4.78 is 0. The number of hydrogen-bond donors (Lipinski definition) is 2. The average Bonchev–Trinajstić information content (AvgIpc) is 2.48. The predicted molar refractivity (Wildman–Crippen MR) is 78.2 cm³/mol. The zero-order valence-electron chi connectivity index (χ0n) is 11.4. The fourth-order valence-corrected chi connectivity index (χ4v) is 2.33. The second-order valence-electron chi connectivity index (χ2n) is 4.92. The van der Waals surface area contributed by atoms with Crippen molar-refractivity contribution in [2.24, 2.45) is 0 Å². The van der Waals surface area contributed by atoms with E-state index in [9.17, 15) is 0 Å². The summed E-state index contributed by atoms with van der Waals surface area (Å²) in [5, 5.41) is 15.6. The van der Waals surface area contributed by atoms with Gasteiger partial charge in [-0.05, 0) is 37.6 Å². The van der Waals surface area contributed by atoms with Crippen LogP contribution in [-0.2, 0) is 0 Å². The molecular weight excluding hydrogens is 236 g/mol. The van der Waals surface area contributed by atoms with Gasteiger partial charge in [-0.25, -0.2) is 0 Å². The molecule has 2 N–H and O–H groups in total. The number of anilines is 1. The Hall–Kier alpha value is -1.57. The molecule has 19 heavy (non-hydrogen) atoms. The Kier molecular flexibility index (Phi) is 5.67. The van der Waals surface area contributed by atoms with Gasteiger partial charge in [-0.15, -0.1) is 0 Å². The molecule has 0 atom stereocenters. The van der Waals surface area contributed by atoms with Crippen molar-refractivity contribution in [3.8, 4) is 6.07 Å². The monoisotopic (exact) mass is 258 g/mol. The van der Waals surface area contributed by atoms with Crippen LogP contribution in [0.3, 0.4) is 0 Å². The minimum absolute atomic E-state index is 0.714. The van der Waals surface area contributed by atoms with Crippen molar-refractivity contribution < 1.29 is 0 Å². The maximum atomic E-state index is 8.83. The molecule has 0 saturated carbocycles. The normalized spacial score (nSPS) is 15.9. The largest absolute Gasteiger partial charge is 0.385 e. The van der Waals surface area contributed by atoms with E-state index in [-0.39, 0.29) is 0 Å². The van der Waals surface area contributed by atoms with E-state index in [1.807, 2.05) is 24.3 Å². The van der Waals surface area contributed by atoms with Crippen molar-refractivity contribution in [2.75, 3.05) is 44.6 Å². The number of benzene rings is 1. The molecular formula is C15H22N4. The molecule has 0 aromatic heterocycles. The van der Waals surface area contributed by atoms with Gasteiger partial charge in [-0.1, -0.05) is 6.07 Å². The summed E-state index contributed by atoms with van der Waals surface area (Å²) in [5.74, 6) is 0. The second kappa shape index (κ2) is 7.78. The highest BCUT2D eigenvalue weighted by atomic mass is 15.2. The third-order valence-electron chi connectivity index (χ3n) is 3.43. The molecule has 0 aliphatic carbocycles. The molecule has 0 bridgehead atoms. The van der Waals surface area contributed by atoms with E-state index in [2.05, 4.69) is 21.6 Å². The van der Waals surface area contributed by atoms with Gasteiger partial charge in [0, 0.05) is 38.4 Å². The van der Waals surface area contributed by atoms with Crippen LogP contribution in [0.1, 0.15) is 18.4 Å². The van der Waals surface area contributed by atoms with Crippen molar-refractivity contribution in [1.29, 1.82) is 5.26 Å². The van der Waals surface area contributed by atoms with E-state index in [0.29, 0.717) is 5.56 Å². The molecule has 1 aliphatic heterocycles. The van der Waals surface area contributed by atoms with E-state index in [1.165, 1.54) is 32.5 Å². The lowest BCUT2D eigenvalue weighted by Crippen LogP contribution is -2.43. The first-order valence-corrected chi connectivity index (χ1v) is 7.05. The topological polar surface area (TPSA) is 51.1 Å². The Morgan fingerprint density at radius 2 is 2.11 bits per heavy atom. The van der Waals surface area contributed by atoms with Crippen LogP contribution >= 0.6 is 0 Å². The quantitative estimate of drug-likeness (QED) is 0.762. The maximum absolute atomic E-state index is 8.83. The van der Waals surface area contributed by atoms with Gasteiger partial charge >= 0.3 is 0 Å². The van der Waals surface area contributed by atoms with Gasteiger partial charge in [0.1, 0.15) is 0 Å². The van der Waals surface area contributed by atoms with E-state index in [0.717, 1.165) is 25.3 Å². The Bertz CT molecular complexity index is 418. The first kappa shape index (κ1) is 13.9. The average molecular weight is 258 g/mol. The third kappa shape index (κ3) is 4.90. The van der Waals surface area contributed by atoms with Crippen molar-refractivity contribution in [1.82, 2.24) is 10.2 Å². The molecule has 0 spiro atoms. The van der Waals surface area contributed by atoms with Gasteiger partial charge in [0.05, 0.1) is 11.6 Å². The molecule has 102 valence electrons. The number of nitrogens with zero attached hydrogens (tertiary/aromatic N) is 2. The maximum Gasteiger partial charge on any atom is 0.0992 e. The molecule has 1 heterocycles. The second-order valence-corrected chi connectivity index (χ2v) is 4.92. The van der Waals surface area contributed by atoms with E-state index in [4.69, 9.17) is 5.26 Å². The smallest absolute Gasteiger partial charge is 0.0992 e. The zero-order valence-corrected chi connectivity index (χ0v) is 11.4. The van der Waals surface area contributed by atoms with Crippen LogP contribution < -0.4 is 10.6 Å². The summed E-state index contributed by atoms with van der Waals surface area (Å²) in [6, 6.07) is 9.82. The molecule has 4 nitrogen and oxygen atoms in total. The van der Waals surface area contributed by atoms with Crippen LogP contribution in [-0.4, -0.2) is 44.2 Å². The fourth-order valence-electron chi connectivity index (χ4n) is 2.33. The van der Waals surface area contributed by atoms with Crippen LogP contribution in [0.5, 0.6) is 0 Å². The number of nitriles is 1. The number of rotatable bonds is 6. The van der Waals surface area contributed by atoms with Crippen molar-refractivity contribution in [3.63, 3.8) is 0 Å². The van der Waals surface area contributed by atoms with Gasteiger partial charge in [0.15, 0.2) is 0 Å². The lowest BCUT2D eigenvalue weighted by Gasteiger charge is -2.27. The number of nitrogens with one attached hydrogen (secondary N) is 2. The molecule has 0 amide bonds. The lowest BCUT2D eigenvalue weighted by atomic mass is 10.2. The van der Waals surface area contributed by atoms with Gasteiger partial charge in [-0.3, -0.25) is 0 Å². The summed E-state index contributed by atoms with van der Waals surface area (Å²) in [4.78, 5) is 2.52. The first-order chi connectivity index (χ1) is 9.38. The van der Waals surface area contributed by atoms with E-state index >= 15 is 0 Å². The van der Waals surface area contributed by atoms with Gasteiger partial charge in [0.2, 0.25) is 0 Å². The van der Waals surface area contributed by atoms with Crippen LogP contribution in [0.15, 0.2) is 24.3 Å². The molecule has 1 aromatic carbocycles. The summed E-state index contributed by atoms with van der Waals surface area (Å²) in [7, 11) is 0. The molecule has 1 saturated heterocycles. The van der Waals surface area contributed by atoms with Gasteiger partial charge < -0.3 is 15.5 Å². The van der Waals surface area contributed by atoms with Gasteiger partial charge in [-0.2, -0.15) is 5.26 Å². The van der Waals surface area contributed by atoms with E-state index < -0.39 is 0 Å². The Labute approximate surface area is 115 Å². The first-order valence-electron chi connectivity index (χ1n) is 7.05. The highest BCUT2D eigenvalue weighted by molar-refractivity contribution is 5.48. The SMILES string of the molecule is N#Cc1cccc(NCCCCN2CCNCC2)c1. The Morgan fingerprint density at radius 1 is 1.26 bits per heavy atom. The summed E-state index contributed by atoms with van der Waals surface area (Å²) in [5.41, 5.74) is 1.76. The summed E-state index contributed by atoms with van der Waals surface area (Å²) in [6.07, 6.45) is 2.39. The van der Waals surface area contributed by atoms with Crippen molar-refractivity contribution in [3.05, 3.63) is 29.8 Å². The van der Waals surface area contributed by atoms with Crippen LogP contribution in [0, 0.1) is 11.3 Å².